The third kappa shape index (κ3) is 2.45. The summed E-state index contributed by atoms with van der Waals surface area (Å²) in [4.78, 5) is 10.4. The summed E-state index contributed by atoms with van der Waals surface area (Å²) in [7, 11) is 0. The molecule has 0 fully saturated rings. The highest BCUT2D eigenvalue weighted by molar-refractivity contribution is 5.82. The fraction of sp³-hybridized carbons (Fsp3) is 0.333. The van der Waals surface area contributed by atoms with Gasteiger partial charge in [0.1, 0.15) is 0 Å². The molecule has 0 saturated heterocycles. The fourth-order valence-electron chi connectivity index (χ4n) is 1.86. The quantitative estimate of drug-likeness (QED) is 0.489. The first-order valence-electron chi connectivity index (χ1n) is 5.66. The fourth-order valence-corrected chi connectivity index (χ4v) is 1.86. The van der Waals surface area contributed by atoms with Gasteiger partial charge in [-0.1, -0.05) is 6.92 Å². The second kappa shape index (κ2) is 4.97. The Hall–Kier alpha value is -1.88. The number of nitrogens with one attached hydrogen (secondary N) is 1. The van der Waals surface area contributed by atoms with Gasteiger partial charge in [0.25, 0.3) is 5.69 Å². The molecule has 0 saturated carbocycles. The molecule has 17 heavy (non-hydrogen) atoms. The van der Waals surface area contributed by atoms with Crippen LogP contribution in [0.1, 0.15) is 6.92 Å². The minimum absolute atomic E-state index is 0.140. The Kier molecular flexibility index (Phi) is 3.39. The van der Waals surface area contributed by atoms with Gasteiger partial charge in [-0.2, -0.15) is 0 Å². The number of nitro benzene ring substituents is 1. The van der Waals surface area contributed by atoms with Crippen molar-refractivity contribution in [3.8, 4) is 0 Å². The molecule has 1 heterocycles. The summed E-state index contributed by atoms with van der Waals surface area (Å²) in [6.45, 7) is 4.67. The Morgan fingerprint density at radius 1 is 1.41 bits per heavy atom. The molecule has 1 aromatic heterocycles. The molecule has 0 atom stereocenters. The van der Waals surface area contributed by atoms with Crippen LogP contribution in [0.5, 0.6) is 0 Å². The maximum atomic E-state index is 10.7. The molecule has 0 spiro atoms. The summed E-state index contributed by atoms with van der Waals surface area (Å²) in [5.74, 6) is 0. The first kappa shape index (κ1) is 11.6. The highest BCUT2D eigenvalue weighted by Gasteiger charge is 2.08. The Labute approximate surface area is 99.2 Å². The van der Waals surface area contributed by atoms with Crippen LogP contribution in [-0.2, 0) is 6.54 Å². The normalized spacial score (nSPS) is 10.9. The van der Waals surface area contributed by atoms with Crippen LogP contribution in [0, 0.1) is 10.1 Å². The predicted molar refractivity (Wildman–Crippen MR) is 67.1 cm³/mol. The molecule has 5 nitrogen and oxygen atoms in total. The number of aromatic nitrogens is 1. The van der Waals surface area contributed by atoms with E-state index >= 15 is 0 Å². The molecule has 1 N–H and O–H groups in total. The number of benzene rings is 1. The van der Waals surface area contributed by atoms with Crippen molar-refractivity contribution in [2.24, 2.45) is 0 Å². The summed E-state index contributed by atoms with van der Waals surface area (Å²) >= 11 is 0. The second-order valence-electron chi connectivity index (χ2n) is 3.86. The molecular formula is C12H15N3O2. The smallest absolute Gasteiger partial charge is 0.271 e. The van der Waals surface area contributed by atoms with E-state index < -0.39 is 0 Å². The summed E-state index contributed by atoms with van der Waals surface area (Å²) in [5.41, 5.74) is 1.05. The lowest BCUT2D eigenvalue weighted by atomic mass is 10.2. The zero-order chi connectivity index (χ0) is 12.3. The van der Waals surface area contributed by atoms with Gasteiger partial charge in [-0.25, -0.2) is 0 Å². The van der Waals surface area contributed by atoms with Crippen molar-refractivity contribution in [1.29, 1.82) is 0 Å². The van der Waals surface area contributed by atoms with Gasteiger partial charge in [0, 0.05) is 36.8 Å². The summed E-state index contributed by atoms with van der Waals surface area (Å²) in [6.07, 6.45) is 1.96. The van der Waals surface area contributed by atoms with Crippen molar-refractivity contribution in [3.63, 3.8) is 0 Å². The van der Waals surface area contributed by atoms with E-state index in [1.807, 2.05) is 16.8 Å². The van der Waals surface area contributed by atoms with Crippen LogP contribution < -0.4 is 5.32 Å². The summed E-state index contributed by atoms with van der Waals surface area (Å²) in [6, 6.07) is 6.93. The molecule has 0 aliphatic heterocycles. The molecule has 0 aliphatic rings. The number of hydrogen-bond acceptors (Lipinski definition) is 3. The van der Waals surface area contributed by atoms with Gasteiger partial charge in [0.15, 0.2) is 0 Å². The number of non-ortho nitro benzene ring substituents is 1. The van der Waals surface area contributed by atoms with Crippen LogP contribution in [0.4, 0.5) is 5.69 Å². The standard InChI is InChI=1S/C12H15N3O2/c1-2-13-6-8-14-7-5-10-3-4-11(15(16)17)9-12(10)14/h3-5,7,9,13H,2,6,8H2,1H3. The third-order valence-corrected chi connectivity index (χ3v) is 2.75. The number of nitrogens with zero attached hydrogens (tertiary/aromatic N) is 2. The van der Waals surface area contributed by atoms with Crippen molar-refractivity contribution in [2.75, 3.05) is 13.1 Å². The van der Waals surface area contributed by atoms with Gasteiger partial charge in [0.05, 0.1) is 10.4 Å². The Morgan fingerprint density at radius 3 is 2.94 bits per heavy atom. The van der Waals surface area contributed by atoms with Gasteiger partial charge < -0.3 is 9.88 Å². The first-order chi connectivity index (χ1) is 8.22. The number of hydrogen-bond donors (Lipinski definition) is 1. The lowest BCUT2D eigenvalue weighted by molar-refractivity contribution is -0.384. The number of likely N-dealkylation sites (N-methyl/N-ethyl adjacent to an activating group) is 1. The van der Waals surface area contributed by atoms with Crippen LogP contribution in [0.2, 0.25) is 0 Å². The van der Waals surface area contributed by atoms with Crippen LogP contribution in [-0.4, -0.2) is 22.6 Å². The molecule has 0 aliphatic carbocycles. The largest absolute Gasteiger partial charge is 0.346 e. The van der Waals surface area contributed by atoms with E-state index in [4.69, 9.17) is 0 Å². The molecule has 0 unspecified atom stereocenters. The molecule has 1 aromatic carbocycles. The molecular weight excluding hydrogens is 218 g/mol. The number of fused-ring (bicyclic) bond motifs is 1. The summed E-state index contributed by atoms with van der Waals surface area (Å²) in [5, 5.41) is 15.0. The molecule has 2 rings (SSSR count). The monoisotopic (exact) mass is 233 g/mol. The van der Waals surface area contributed by atoms with Crippen LogP contribution >= 0.6 is 0 Å². The third-order valence-electron chi connectivity index (χ3n) is 2.75. The summed E-state index contributed by atoms with van der Waals surface area (Å²) < 4.78 is 2.03. The second-order valence-corrected chi connectivity index (χ2v) is 3.86. The molecule has 90 valence electrons. The van der Waals surface area contributed by atoms with E-state index in [2.05, 4.69) is 12.2 Å². The number of rotatable bonds is 5. The Balaban J connectivity index is 2.30. The molecule has 0 amide bonds. The van der Waals surface area contributed by atoms with Gasteiger partial charge in [-0.3, -0.25) is 10.1 Å². The van der Waals surface area contributed by atoms with Crippen LogP contribution in [0.3, 0.4) is 0 Å². The topological polar surface area (TPSA) is 60.1 Å². The van der Waals surface area contributed by atoms with E-state index in [-0.39, 0.29) is 10.6 Å². The predicted octanol–water partition coefficient (Wildman–Crippen LogP) is 2.16. The van der Waals surface area contributed by atoms with Crippen molar-refractivity contribution >= 4 is 16.6 Å². The molecule has 0 radical (unpaired) electrons. The average Bonchev–Trinajstić information content (AvgIpc) is 2.72. The Bertz CT molecular complexity index is 534. The van der Waals surface area contributed by atoms with Crippen molar-refractivity contribution in [2.45, 2.75) is 13.5 Å². The molecule has 2 aromatic rings. The highest BCUT2D eigenvalue weighted by atomic mass is 16.6. The van der Waals surface area contributed by atoms with Gasteiger partial charge in [0.2, 0.25) is 0 Å². The van der Waals surface area contributed by atoms with E-state index in [1.165, 1.54) is 6.07 Å². The van der Waals surface area contributed by atoms with E-state index in [9.17, 15) is 10.1 Å². The Morgan fingerprint density at radius 2 is 2.24 bits per heavy atom. The lowest BCUT2D eigenvalue weighted by Gasteiger charge is -2.05. The van der Waals surface area contributed by atoms with Crippen LogP contribution in [0.15, 0.2) is 30.5 Å². The average molecular weight is 233 g/mol. The van der Waals surface area contributed by atoms with Crippen molar-refractivity contribution < 1.29 is 4.92 Å². The highest BCUT2D eigenvalue weighted by Crippen LogP contribution is 2.21. The minimum atomic E-state index is -0.360. The zero-order valence-electron chi connectivity index (χ0n) is 9.72. The van der Waals surface area contributed by atoms with Gasteiger partial charge in [-0.05, 0) is 18.7 Å². The van der Waals surface area contributed by atoms with Crippen molar-refractivity contribution in [3.05, 3.63) is 40.6 Å². The maximum Gasteiger partial charge on any atom is 0.271 e. The van der Waals surface area contributed by atoms with E-state index in [0.29, 0.717) is 0 Å². The molecule has 5 heteroatoms. The number of nitro groups is 1. The van der Waals surface area contributed by atoms with Gasteiger partial charge >= 0.3 is 0 Å². The van der Waals surface area contributed by atoms with E-state index in [1.54, 1.807) is 12.1 Å². The van der Waals surface area contributed by atoms with E-state index in [0.717, 1.165) is 30.5 Å². The zero-order valence-corrected chi connectivity index (χ0v) is 9.72. The maximum absolute atomic E-state index is 10.7. The van der Waals surface area contributed by atoms with Crippen LogP contribution in [0.25, 0.3) is 10.9 Å². The van der Waals surface area contributed by atoms with Gasteiger partial charge in [-0.15, -0.1) is 0 Å². The lowest BCUT2D eigenvalue weighted by Crippen LogP contribution is -2.18. The van der Waals surface area contributed by atoms with Crippen molar-refractivity contribution in [1.82, 2.24) is 9.88 Å². The molecule has 0 bridgehead atoms. The first-order valence-corrected chi connectivity index (χ1v) is 5.66. The SMILES string of the molecule is CCNCCn1ccc2ccc([N+](=O)[O-])cc21. The minimum Gasteiger partial charge on any atom is -0.346 e.